The molecule has 2 amide bonds. The zero-order valence-electron chi connectivity index (χ0n) is 23.5. The number of carbonyl (C=O) groups excluding carboxylic acids is 2. The molecule has 2 heterocycles. The van der Waals surface area contributed by atoms with Crippen LogP contribution in [0.5, 0.6) is 0 Å². The maximum Gasteiger partial charge on any atom is 0.410 e. The Morgan fingerprint density at radius 1 is 0.976 bits per heavy atom. The Balaban J connectivity index is 1.39. The minimum Gasteiger partial charge on any atom is -0.477 e. The number of rotatable bonds is 7. The summed E-state index contributed by atoms with van der Waals surface area (Å²) in [4.78, 5) is 42.1. The van der Waals surface area contributed by atoms with Crippen LogP contribution >= 0.6 is 11.3 Å². The molecule has 1 fully saturated rings. The van der Waals surface area contributed by atoms with Gasteiger partial charge in [0.25, 0.3) is 0 Å². The Kier molecular flexibility index (Phi) is 8.06. The van der Waals surface area contributed by atoms with E-state index in [-0.39, 0.29) is 37.0 Å². The van der Waals surface area contributed by atoms with Crippen molar-refractivity contribution in [2.75, 3.05) is 26.8 Å². The van der Waals surface area contributed by atoms with E-state index in [1.807, 2.05) is 24.3 Å². The smallest absolute Gasteiger partial charge is 0.410 e. The van der Waals surface area contributed by atoms with Crippen molar-refractivity contribution in [3.8, 4) is 11.1 Å². The Bertz CT molecular complexity index is 1400. The average Bonchev–Trinajstić information content (AvgIpc) is 3.65. The highest BCUT2D eigenvalue weighted by atomic mass is 32.1. The Hall–Kier alpha value is -3.89. The number of ether oxygens (including phenoxy) is 3. The fraction of sp³-hybridized carbons (Fsp3) is 0.387. The van der Waals surface area contributed by atoms with Crippen LogP contribution in [0.25, 0.3) is 11.1 Å². The molecule has 1 aliphatic heterocycles. The average molecular weight is 579 g/mol. The summed E-state index contributed by atoms with van der Waals surface area (Å²) >= 11 is 1.10. The summed E-state index contributed by atoms with van der Waals surface area (Å²) in [5.74, 6) is -1.14. The minimum atomic E-state index is -1.03. The van der Waals surface area contributed by atoms with E-state index in [1.165, 1.54) is 11.0 Å². The zero-order valence-corrected chi connectivity index (χ0v) is 24.3. The van der Waals surface area contributed by atoms with Gasteiger partial charge in [0.15, 0.2) is 0 Å². The SMILES string of the molecule is CO[C@@H]1CN(C(=O)OC(C)(C)C)C[C@H]1N(Cc1ccc(C(=O)O)s1)C(=O)OCC1c2ccccc2-c2ccccc21. The van der Waals surface area contributed by atoms with Crippen molar-refractivity contribution in [2.24, 2.45) is 0 Å². The molecule has 1 saturated heterocycles. The molecule has 0 spiro atoms. The molecule has 0 bridgehead atoms. The van der Waals surface area contributed by atoms with Crippen LogP contribution in [0, 0.1) is 0 Å². The Morgan fingerprint density at radius 3 is 2.17 bits per heavy atom. The first kappa shape index (κ1) is 28.6. The van der Waals surface area contributed by atoms with E-state index in [2.05, 4.69) is 24.3 Å². The van der Waals surface area contributed by atoms with Gasteiger partial charge in [-0.05, 0) is 55.2 Å². The topological polar surface area (TPSA) is 106 Å². The van der Waals surface area contributed by atoms with E-state index in [1.54, 1.807) is 38.8 Å². The van der Waals surface area contributed by atoms with Gasteiger partial charge in [-0.1, -0.05) is 48.5 Å². The first-order chi connectivity index (χ1) is 19.6. The number of likely N-dealkylation sites (tertiary alicyclic amines) is 1. The first-order valence-electron chi connectivity index (χ1n) is 13.5. The zero-order chi connectivity index (χ0) is 29.3. The molecule has 0 unspecified atom stereocenters. The van der Waals surface area contributed by atoms with Crippen LogP contribution in [0.3, 0.4) is 0 Å². The van der Waals surface area contributed by atoms with Gasteiger partial charge < -0.3 is 24.2 Å². The molecule has 0 radical (unpaired) electrons. The molecule has 3 aromatic rings. The Labute approximate surface area is 243 Å². The van der Waals surface area contributed by atoms with Gasteiger partial charge in [-0.3, -0.25) is 4.90 Å². The predicted octanol–water partition coefficient (Wildman–Crippen LogP) is 5.83. The number of thiophene rings is 1. The van der Waals surface area contributed by atoms with Gasteiger partial charge in [-0.15, -0.1) is 11.3 Å². The lowest BCUT2D eigenvalue weighted by Gasteiger charge is -2.31. The second-order valence-electron chi connectivity index (χ2n) is 11.2. The highest BCUT2D eigenvalue weighted by Gasteiger charge is 2.43. The van der Waals surface area contributed by atoms with Gasteiger partial charge in [-0.25, -0.2) is 14.4 Å². The van der Waals surface area contributed by atoms with Crippen molar-refractivity contribution in [3.05, 3.63) is 81.5 Å². The second-order valence-corrected chi connectivity index (χ2v) is 12.4. The molecular weight excluding hydrogens is 544 g/mol. The maximum absolute atomic E-state index is 13.8. The molecule has 2 aromatic carbocycles. The van der Waals surface area contributed by atoms with E-state index < -0.39 is 35.9 Å². The van der Waals surface area contributed by atoms with Gasteiger partial charge in [-0.2, -0.15) is 0 Å². The summed E-state index contributed by atoms with van der Waals surface area (Å²) in [6, 6.07) is 18.9. The van der Waals surface area contributed by atoms with E-state index in [0.717, 1.165) is 33.6 Å². The quantitative estimate of drug-likeness (QED) is 0.376. The van der Waals surface area contributed by atoms with E-state index >= 15 is 0 Å². The van der Waals surface area contributed by atoms with Crippen molar-refractivity contribution in [3.63, 3.8) is 0 Å². The monoisotopic (exact) mass is 578 g/mol. The van der Waals surface area contributed by atoms with Crippen LogP contribution in [0.15, 0.2) is 60.7 Å². The van der Waals surface area contributed by atoms with Gasteiger partial charge in [0.1, 0.15) is 17.1 Å². The van der Waals surface area contributed by atoms with Gasteiger partial charge >= 0.3 is 18.2 Å². The number of fused-ring (bicyclic) bond motifs is 3. The van der Waals surface area contributed by atoms with Crippen molar-refractivity contribution >= 4 is 29.5 Å². The summed E-state index contributed by atoms with van der Waals surface area (Å²) < 4.78 is 17.3. The molecule has 2 aliphatic rings. The normalized spacial score (nSPS) is 18.1. The standard InChI is InChI=1S/C31H34N2O7S/c1-31(2,3)40-29(36)32-16-25(26(17-32)38-4)33(15-19-13-14-27(41-19)28(34)35)30(37)39-18-24-22-11-7-5-9-20(22)21-10-6-8-12-23(21)24/h5-14,24-26H,15-18H2,1-4H3,(H,34,35)/t25-,26-/m1/s1. The van der Waals surface area contributed by atoms with Gasteiger partial charge in [0.05, 0.1) is 25.2 Å². The van der Waals surface area contributed by atoms with Crippen molar-refractivity contribution < 1.29 is 33.7 Å². The third kappa shape index (κ3) is 6.08. The number of carboxylic acids is 1. The molecule has 216 valence electrons. The lowest BCUT2D eigenvalue weighted by molar-refractivity contribution is 0.0238. The summed E-state index contributed by atoms with van der Waals surface area (Å²) in [5.41, 5.74) is 3.79. The van der Waals surface area contributed by atoms with E-state index in [0.29, 0.717) is 4.88 Å². The lowest BCUT2D eigenvalue weighted by Crippen LogP contribution is -2.47. The molecule has 0 saturated carbocycles. The fourth-order valence-corrected chi connectivity index (χ4v) is 6.35. The fourth-order valence-electron chi connectivity index (χ4n) is 5.50. The number of benzene rings is 2. The number of methoxy groups -OCH3 is 1. The van der Waals surface area contributed by atoms with E-state index in [9.17, 15) is 19.5 Å². The largest absolute Gasteiger partial charge is 0.477 e. The highest BCUT2D eigenvalue weighted by Crippen LogP contribution is 2.44. The second kappa shape index (κ2) is 11.5. The minimum absolute atomic E-state index is 0.112. The Morgan fingerprint density at radius 2 is 1.61 bits per heavy atom. The number of carboxylic acid groups (broad SMARTS) is 1. The molecule has 10 heteroatoms. The van der Waals surface area contributed by atoms with Gasteiger partial charge in [0.2, 0.25) is 0 Å². The molecule has 1 N–H and O–H groups in total. The third-order valence-electron chi connectivity index (χ3n) is 7.36. The van der Waals surface area contributed by atoms with Crippen molar-refractivity contribution in [2.45, 2.75) is 51.0 Å². The predicted molar refractivity (Wildman–Crippen MR) is 154 cm³/mol. The molecule has 9 nitrogen and oxygen atoms in total. The molecular formula is C31H34N2O7S. The summed E-state index contributed by atoms with van der Waals surface area (Å²) in [6.07, 6.45) is -1.53. The van der Waals surface area contributed by atoms with Crippen LogP contribution in [0.4, 0.5) is 9.59 Å². The van der Waals surface area contributed by atoms with Crippen LogP contribution < -0.4 is 0 Å². The van der Waals surface area contributed by atoms with Crippen LogP contribution in [-0.2, 0) is 20.8 Å². The summed E-state index contributed by atoms with van der Waals surface area (Å²) in [5, 5.41) is 9.41. The van der Waals surface area contributed by atoms with Crippen molar-refractivity contribution in [1.29, 1.82) is 0 Å². The molecule has 2 atom stereocenters. The number of nitrogens with zero attached hydrogens (tertiary/aromatic N) is 2. The molecule has 41 heavy (non-hydrogen) atoms. The van der Waals surface area contributed by atoms with Crippen molar-refractivity contribution in [1.82, 2.24) is 9.80 Å². The molecule has 1 aromatic heterocycles. The van der Waals surface area contributed by atoms with E-state index in [4.69, 9.17) is 14.2 Å². The van der Waals surface area contributed by atoms with Gasteiger partial charge in [0, 0.05) is 24.4 Å². The van der Waals surface area contributed by atoms with Crippen LogP contribution in [0.1, 0.15) is 52.4 Å². The number of hydrogen-bond donors (Lipinski definition) is 1. The summed E-state index contributed by atoms with van der Waals surface area (Å²) in [6.45, 7) is 6.07. The third-order valence-corrected chi connectivity index (χ3v) is 8.42. The molecule has 5 rings (SSSR count). The summed E-state index contributed by atoms with van der Waals surface area (Å²) in [7, 11) is 1.54. The number of aromatic carboxylic acids is 1. The first-order valence-corrected chi connectivity index (χ1v) is 14.3. The highest BCUT2D eigenvalue weighted by molar-refractivity contribution is 7.13. The molecule has 1 aliphatic carbocycles. The van der Waals surface area contributed by atoms with Crippen LogP contribution in [0.2, 0.25) is 0 Å². The number of hydrogen-bond acceptors (Lipinski definition) is 7. The maximum atomic E-state index is 13.8. The lowest BCUT2D eigenvalue weighted by atomic mass is 9.98. The number of amides is 2. The van der Waals surface area contributed by atoms with Crippen LogP contribution in [-0.4, -0.2) is 77.6 Å². The number of carbonyl (C=O) groups is 3.